The number of benzene rings is 2. The molecule has 32 heavy (non-hydrogen) atoms. The molecule has 0 heterocycles. The summed E-state index contributed by atoms with van der Waals surface area (Å²) < 4.78 is 17.1. The summed E-state index contributed by atoms with van der Waals surface area (Å²) in [5.41, 5.74) is 1.21. The Kier molecular flexibility index (Phi) is 12.1. The van der Waals surface area contributed by atoms with Crippen molar-refractivity contribution in [3.8, 4) is 11.5 Å². The van der Waals surface area contributed by atoms with Gasteiger partial charge in [-0.05, 0) is 64.9 Å². The number of rotatable bonds is 13. The summed E-state index contributed by atoms with van der Waals surface area (Å²) in [6, 6.07) is 12.6. The summed E-state index contributed by atoms with van der Waals surface area (Å²) in [5, 5.41) is 5.94. The highest BCUT2D eigenvalue weighted by Gasteiger charge is 2.11. The standard InChI is InChI=1S/C24H31BrN2O4S/c1-3-4-5-6-7-13-30-20-10-8-9-19(17-20)26-24(32)27-23(28)18-11-12-22(21(25)16-18)31-15-14-29-2/h8-12,16-17H,3-7,13-15H2,1-2H3,(H2,26,27,28,32). The Morgan fingerprint density at radius 3 is 2.56 bits per heavy atom. The molecular weight excluding hydrogens is 492 g/mol. The van der Waals surface area contributed by atoms with Crippen LogP contribution in [0.3, 0.4) is 0 Å². The molecule has 0 atom stereocenters. The van der Waals surface area contributed by atoms with E-state index >= 15 is 0 Å². The maximum Gasteiger partial charge on any atom is 0.257 e. The number of hydrogen-bond donors (Lipinski definition) is 2. The van der Waals surface area contributed by atoms with Crippen LogP contribution in [0.25, 0.3) is 0 Å². The number of nitrogens with one attached hydrogen (secondary N) is 2. The lowest BCUT2D eigenvalue weighted by Crippen LogP contribution is -2.34. The number of carbonyl (C=O) groups is 1. The Morgan fingerprint density at radius 1 is 1.00 bits per heavy atom. The van der Waals surface area contributed by atoms with E-state index in [1.54, 1.807) is 25.3 Å². The molecule has 2 N–H and O–H groups in total. The largest absolute Gasteiger partial charge is 0.494 e. The van der Waals surface area contributed by atoms with Gasteiger partial charge < -0.3 is 19.5 Å². The van der Waals surface area contributed by atoms with Crippen molar-refractivity contribution >= 4 is 44.9 Å². The molecule has 1 amide bonds. The van der Waals surface area contributed by atoms with E-state index in [9.17, 15) is 4.79 Å². The zero-order chi connectivity index (χ0) is 23.2. The SMILES string of the molecule is CCCCCCCOc1cccc(NC(=S)NC(=O)c2ccc(OCCOC)c(Br)c2)c1. The molecule has 0 aliphatic heterocycles. The summed E-state index contributed by atoms with van der Waals surface area (Å²) in [4.78, 5) is 12.5. The number of anilines is 1. The Bertz CT molecular complexity index is 879. The normalized spacial score (nSPS) is 10.5. The quantitative estimate of drug-likeness (QED) is 0.250. The van der Waals surface area contributed by atoms with E-state index in [0.29, 0.717) is 35.6 Å². The van der Waals surface area contributed by atoms with Crippen molar-refractivity contribution in [2.24, 2.45) is 0 Å². The fourth-order valence-corrected chi connectivity index (χ4v) is 3.59. The fraction of sp³-hybridized carbons (Fsp3) is 0.417. The van der Waals surface area contributed by atoms with Crippen LogP contribution in [-0.2, 0) is 4.74 Å². The van der Waals surface area contributed by atoms with Crippen molar-refractivity contribution in [1.82, 2.24) is 5.32 Å². The Labute approximate surface area is 204 Å². The van der Waals surface area contributed by atoms with Gasteiger partial charge in [-0.1, -0.05) is 38.7 Å². The van der Waals surface area contributed by atoms with E-state index in [4.69, 9.17) is 26.4 Å². The lowest BCUT2D eigenvalue weighted by atomic mass is 10.2. The van der Waals surface area contributed by atoms with Gasteiger partial charge in [0.25, 0.3) is 5.91 Å². The Morgan fingerprint density at radius 2 is 1.81 bits per heavy atom. The van der Waals surface area contributed by atoms with Gasteiger partial charge in [-0.3, -0.25) is 10.1 Å². The predicted octanol–water partition coefficient (Wildman–Crippen LogP) is 5.95. The van der Waals surface area contributed by atoms with Crippen LogP contribution in [-0.4, -0.2) is 38.0 Å². The van der Waals surface area contributed by atoms with Gasteiger partial charge in [-0.2, -0.15) is 0 Å². The van der Waals surface area contributed by atoms with Gasteiger partial charge in [-0.15, -0.1) is 0 Å². The number of amides is 1. The first-order valence-corrected chi connectivity index (χ1v) is 12.0. The van der Waals surface area contributed by atoms with Crippen LogP contribution in [0.15, 0.2) is 46.9 Å². The molecule has 0 spiro atoms. The first-order chi connectivity index (χ1) is 15.5. The van der Waals surface area contributed by atoms with E-state index in [1.807, 2.05) is 24.3 Å². The molecule has 0 aliphatic rings. The van der Waals surface area contributed by atoms with Crippen LogP contribution in [0.4, 0.5) is 5.69 Å². The van der Waals surface area contributed by atoms with Crippen LogP contribution in [0, 0.1) is 0 Å². The average molecular weight is 523 g/mol. The van der Waals surface area contributed by atoms with Crippen molar-refractivity contribution < 1.29 is 19.0 Å². The molecule has 0 fully saturated rings. The molecular formula is C24H31BrN2O4S. The number of thiocarbonyl (C=S) groups is 1. The van der Waals surface area contributed by atoms with Crippen molar-refractivity contribution in [1.29, 1.82) is 0 Å². The van der Waals surface area contributed by atoms with Crippen LogP contribution < -0.4 is 20.1 Å². The number of hydrogen-bond acceptors (Lipinski definition) is 5. The van der Waals surface area contributed by atoms with E-state index in [2.05, 4.69) is 33.5 Å². The predicted molar refractivity (Wildman–Crippen MR) is 136 cm³/mol. The van der Waals surface area contributed by atoms with Gasteiger partial charge in [0.2, 0.25) is 0 Å². The third-order valence-corrected chi connectivity index (χ3v) is 5.40. The number of halogens is 1. The second kappa shape index (κ2) is 14.8. The molecule has 8 heteroatoms. The third-order valence-electron chi connectivity index (χ3n) is 4.57. The summed E-state index contributed by atoms with van der Waals surface area (Å²) >= 11 is 8.72. The maximum atomic E-state index is 12.5. The molecule has 0 unspecified atom stereocenters. The minimum absolute atomic E-state index is 0.211. The summed E-state index contributed by atoms with van der Waals surface area (Å²) in [7, 11) is 1.61. The van der Waals surface area contributed by atoms with Crippen LogP contribution in [0.5, 0.6) is 11.5 Å². The van der Waals surface area contributed by atoms with Crippen molar-refractivity contribution in [3.63, 3.8) is 0 Å². The molecule has 0 aromatic heterocycles. The monoisotopic (exact) mass is 522 g/mol. The average Bonchev–Trinajstić information content (AvgIpc) is 2.77. The highest BCUT2D eigenvalue weighted by molar-refractivity contribution is 9.10. The molecule has 6 nitrogen and oxygen atoms in total. The van der Waals surface area contributed by atoms with Gasteiger partial charge in [0.1, 0.15) is 18.1 Å². The zero-order valence-electron chi connectivity index (χ0n) is 18.6. The van der Waals surface area contributed by atoms with Gasteiger partial charge in [-0.25, -0.2) is 0 Å². The molecule has 174 valence electrons. The second-order valence-corrected chi connectivity index (χ2v) is 8.45. The second-order valence-electron chi connectivity index (χ2n) is 7.19. The van der Waals surface area contributed by atoms with Gasteiger partial charge in [0.05, 0.1) is 17.7 Å². The van der Waals surface area contributed by atoms with E-state index < -0.39 is 0 Å². The molecule has 0 saturated heterocycles. The number of ether oxygens (including phenoxy) is 3. The highest BCUT2D eigenvalue weighted by Crippen LogP contribution is 2.26. The molecule has 0 radical (unpaired) electrons. The van der Waals surface area contributed by atoms with Crippen LogP contribution >= 0.6 is 28.1 Å². The number of methoxy groups -OCH3 is 1. The highest BCUT2D eigenvalue weighted by atomic mass is 79.9. The maximum absolute atomic E-state index is 12.5. The lowest BCUT2D eigenvalue weighted by molar-refractivity contribution is 0.0977. The first-order valence-electron chi connectivity index (χ1n) is 10.8. The summed E-state index contributed by atoms with van der Waals surface area (Å²) in [6.45, 7) is 3.81. The molecule has 2 rings (SSSR count). The zero-order valence-corrected chi connectivity index (χ0v) is 21.0. The minimum atomic E-state index is -0.314. The van der Waals surface area contributed by atoms with E-state index in [1.165, 1.54) is 25.7 Å². The van der Waals surface area contributed by atoms with Crippen molar-refractivity contribution in [3.05, 3.63) is 52.5 Å². The van der Waals surface area contributed by atoms with Crippen LogP contribution in [0.1, 0.15) is 49.4 Å². The Hall–Kier alpha value is -2.16. The molecule has 2 aromatic rings. The molecule has 0 saturated carbocycles. The van der Waals surface area contributed by atoms with E-state index in [-0.39, 0.29) is 11.0 Å². The molecule has 2 aromatic carbocycles. The summed E-state index contributed by atoms with van der Waals surface area (Å²) in [6.07, 6.45) is 5.97. The minimum Gasteiger partial charge on any atom is -0.494 e. The topological polar surface area (TPSA) is 68.8 Å². The van der Waals surface area contributed by atoms with E-state index in [0.717, 1.165) is 17.9 Å². The third kappa shape index (κ3) is 9.54. The smallest absolute Gasteiger partial charge is 0.257 e. The Balaban J connectivity index is 1.83. The van der Waals surface area contributed by atoms with Crippen molar-refractivity contribution in [2.45, 2.75) is 39.0 Å². The van der Waals surface area contributed by atoms with Gasteiger partial charge in [0.15, 0.2) is 5.11 Å². The van der Waals surface area contributed by atoms with Gasteiger partial charge >= 0.3 is 0 Å². The van der Waals surface area contributed by atoms with Crippen LogP contribution in [0.2, 0.25) is 0 Å². The molecule has 0 aliphatic carbocycles. The van der Waals surface area contributed by atoms with Gasteiger partial charge in [0, 0.05) is 24.4 Å². The number of carbonyl (C=O) groups excluding carboxylic acids is 1. The summed E-state index contributed by atoms with van der Waals surface area (Å²) in [5.74, 6) is 1.10. The first kappa shape index (κ1) is 26.1. The van der Waals surface area contributed by atoms with Crippen molar-refractivity contribution in [2.75, 3.05) is 32.2 Å². The number of unbranched alkanes of at least 4 members (excludes halogenated alkanes) is 4. The molecule has 0 bridgehead atoms. The lowest BCUT2D eigenvalue weighted by Gasteiger charge is -2.12. The fourth-order valence-electron chi connectivity index (χ4n) is 2.89.